The summed E-state index contributed by atoms with van der Waals surface area (Å²) in [6.07, 6.45) is 1.47. The largest absolute Gasteiger partial charge is 0.366 e. The van der Waals surface area contributed by atoms with Crippen molar-refractivity contribution in [2.45, 2.75) is 0 Å². The highest BCUT2D eigenvalue weighted by atomic mass is 35.5. The van der Waals surface area contributed by atoms with E-state index < -0.39 is 10.8 Å². The maximum absolute atomic E-state index is 10.9. The van der Waals surface area contributed by atoms with Crippen molar-refractivity contribution >= 4 is 35.1 Å². The van der Waals surface area contributed by atoms with Crippen LogP contribution >= 0.6 is 11.6 Å². The van der Waals surface area contributed by atoms with Crippen molar-refractivity contribution in [1.82, 2.24) is 0 Å². The fourth-order valence-corrected chi connectivity index (χ4v) is 1.80. The van der Waals surface area contributed by atoms with Gasteiger partial charge in [0.05, 0.1) is 10.6 Å². The SMILES string of the molecule is NC(=O)c1ccc(N=Cc2ccc(Cl)c([N+](=O)[O-])c2)cc1. The van der Waals surface area contributed by atoms with Crippen LogP contribution in [-0.2, 0) is 0 Å². The summed E-state index contributed by atoms with van der Waals surface area (Å²) in [4.78, 5) is 25.3. The molecule has 2 rings (SSSR count). The number of rotatable bonds is 4. The molecule has 0 fully saturated rings. The molecule has 0 bridgehead atoms. The van der Waals surface area contributed by atoms with Gasteiger partial charge in [-0.05, 0) is 35.9 Å². The third-order valence-electron chi connectivity index (χ3n) is 2.68. The zero-order chi connectivity index (χ0) is 15.4. The normalized spacial score (nSPS) is 10.7. The van der Waals surface area contributed by atoms with E-state index in [0.29, 0.717) is 16.8 Å². The standard InChI is InChI=1S/C14H10ClN3O3/c15-12-6-1-9(7-13(12)18(20)21)8-17-11-4-2-10(3-5-11)14(16)19/h1-8H,(H2,16,19). The Labute approximate surface area is 125 Å². The third-order valence-corrected chi connectivity index (χ3v) is 3.00. The number of carbonyl (C=O) groups is 1. The van der Waals surface area contributed by atoms with Crippen molar-refractivity contribution in [3.8, 4) is 0 Å². The summed E-state index contributed by atoms with van der Waals surface area (Å²) in [5, 5.41) is 10.9. The highest BCUT2D eigenvalue weighted by Crippen LogP contribution is 2.24. The van der Waals surface area contributed by atoms with Crippen LogP contribution in [0.25, 0.3) is 0 Å². The number of amides is 1. The molecule has 0 spiro atoms. The van der Waals surface area contributed by atoms with Crippen molar-refractivity contribution < 1.29 is 9.72 Å². The van der Waals surface area contributed by atoms with E-state index in [1.165, 1.54) is 18.3 Å². The molecule has 0 aliphatic rings. The summed E-state index contributed by atoms with van der Waals surface area (Å²) in [5.41, 5.74) is 6.48. The molecule has 2 aromatic carbocycles. The summed E-state index contributed by atoms with van der Waals surface area (Å²) in [7, 11) is 0. The Morgan fingerprint density at radius 2 is 1.90 bits per heavy atom. The fraction of sp³-hybridized carbons (Fsp3) is 0. The van der Waals surface area contributed by atoms with E-state index in [9.17, 15) is 14.9 Å². The minimum absolute atomic E-state index is 0.0722. The zero-order valence-electron chi connectivity index (χ0n) is 10.7. The van der Waals surface area contributed by atoms with E-state index in [-0.39, 0.29) is 10.7 Å². The third kappa shape index (κ3) is 3.64. The maximum atomic E-state index is 10.9. The average molecular weight is 304 g/mol. The number of hydrogen-bond acceptors (Lipinski definition) is 4. The zero-order valence-corrected chi connectivity index (χ0v) is 11.4. The second-order valence-corrected chi connectivity index (χ2v) is 4.54. The van der Waals surface area contributed by atoms with E-state index >= 15 is 0 Å². The fourth-order valence-electron chi connectivity index (χ4n) is 1.61. The summed E-state index contributed by atoms with van der Waals surface area (Å²) in [5.74, 6) is -0.515. The number of nitrogens with two attached hydrogens (primary N) is 1. The number of nitro groups is 1. The van der Waals surface area contributed by atoms with Crippen LogP contribution in [0.4, 0.5) is 11.4 Å². The van der Waals surface area contributed by atoms with Gasteiger partial charge in [-0.1, -0.05) is 17.7 Å². The molecule has 0 radical (unpaired) electrons. The van der Waals surface area contributed by atoms with Gasteiger partial charge < -0.3 is 5.73 Å². The molecule has 0 heterocycles. The Morgan fingerprint density at radius 3 is 2.48 bits per heavy atom. The van der Waals surface area contributed by atoms with Gasteiger partial charge in [-0.15, -0.1) is 0 Å². The van der Waals surface area contributed by atoms with Gasteiger partial charge >= 0.3 is 0 Å². The maximum Gasteiger partial charge on any atom is 0.288 e. The number of benzene rings is 2. The van der Waals surface area contributed by atoms with Gasteiger partial charge in [0.15, 0.2) is 0 Å². The number of hydrogen-bond donors (Lipinski definition) is 1. The first kappa shape index (κ1) is 14.7. The van der Waals surface area contributed by atoms with Crippen LogP contribution in [0, 0.1) is 10.1 Å². The molecule has 2 aromatic rings. The lowest BCUT2D eigenvalue weighted by atomic mass is 10.2. The van der Waals surface area contributed by atoms with Crippen molar-refractivity contribution in [3.63, 3.8) is 0 Å². The van der Waals surface area contributed by atoms with Crippen molar-refractivity contribution in [2.75, 3.05) is 0 Å². The molecule has 21 heavy (non-hydrogen) atoms. The molecular formula is C14H10ClN3O3. The predicted molar refractivity (Wildman–Crippen MR) is 80.3 cm³/mol. The second kappa shape index (κ2) is 6.15. The van der Waals surface area contributed by atoms with Gasteiger partial charge in [-0.2, -0.15) is 0 Å². The highest BCUT2D eigenvalue weighted by molar-refractivity contribution is 6.32. The molecule has 0 aliphatic heterocycles. The molecule has 0 atom stereocenters. The van der Waals surface area contributed by atoms with E-state index in [0.717, 1.165) is 0 Å². The second-order valence-electron chi connectivity index (χ2n) is 4.14. The first-order valence-electron chi connectivity index (χ1n) is 5.85. The van der Waals surface area contributed by atoms with Crippen molar-refractivity contribution in [2.24, 2.45) is 10.7 Å². The minimum Gasteiger partial charge on any atom is -0.366 e. The summed E-state index contributed by atoms with van der Waals surface area (Å²) in [6.45, 7) is 0. The average Bonchev–Trinajstić information content (AvgIpc) is 2.46. The van der Waals surface area contributed by atoms with Gasteiger partial charge in [0.25, 0.3) is 5.69 Å². The molecule has 0 unspecified atom stereocenters. The first-order chi connectivity index (χ1) is 9.97. The minimum atomic E-state index is -0.554. The highest BCUT2D eigenvalue weighted by Gasteiger charge is 2.11. The molecule has 2 N–H and O–H groups in total. The molecule has 1 amide bonds. The lowest BCUT2D eigenvalue weighted by Gasteiger charge is -1.98. The Kier molecular flexibility index (Phi) is 4.30. The van der Waals surface area contributed by atoms with Crippen LogP contribution in [0.3, 0.4) is 0 Å². The molecule has 7 heteroatoms. The molecule has 0 saturated carbocycles. The van der Waals surface area contributed by atoms with E-state index in [1.807, 2.05) is 0 Å². The molecule has 6 nitrogen and oxygen atoms in total. The summed E-state index contributed by atoms with van der Waals surface area (Å²) >= 11 is 5.73. The first-order valence-corrected chi connectivity index (χ1v) is 6.23. The number of nitro benzene ring substituents is 1. The van der Waals surface area contributed by atoms with Crippen LogP contribution in [0.15, 0.2) is 47.5 Å². The number of primary amides is 1. The van der Waals surface area contributed by atoms with Crippen LogP contribution in [0.5, 0.6) is 0 Å². The molecule has 106 valence electrons. The van der Waals surface area contributed by atoms with Gasteiger partial charge in [-0.3, -0.25) is 19.9 Å². The van der Waals surface area contributed by atoms with Gasteiger partial charge in [0.2, 0.25) is 5.91 Å². The van der Waals surface area contributed by atoms with E-state index in [2.05, 4.69) is 4.99 Å². The number of carbonyl (C=O) groups excluding carboxylic acids is 1. The Balaban J connectivity index is 2.23. The number of aliphatic imine (C=N–C) groups is 1. The van der Waals surface area contributed by atoms with Crippen LogP contribution in [-0.4, -0.2) is 17.0 Å². The van der Waals surface area contributed by atoms with Crippen molar-refractivity contribution in [1.29, 1.82) is 0 Å². The molecular weight excluding hydrogens is 294 g/mol. The van der Waals surface area contributed by atoms with E-state index in [4.69, 9.17) is 17.3 Å². The van der Waals surface area contributed by atoms with Gasteiger partial charge in [-0.25, -0.2) is 0 Å². The predicted octanol–water partition coefficient (Wildman–Crippen LogP) is 3.10. The topological polar surface area (TPSA) is 98.6 Å². The van der Waals surface area contributed by atoms with Crippen LogP contribution in [0.2, 0.25) is 5.02 Å². The van der Waals surface area contributed by atoms with Gasteiger partial charge in [0.1, 0.15) is 5.02 Å². The number of nitrogens with zero attached hydrogens (tertiary/aromatic N) is 2. The van der Waals surface area contributed by atoms with Gasteiger partial charge in [0, 0.05) is 17.8 Å². The van der Waals surface area contributed by atoms with E-state index in [1.54, 1.807) is 30.3 Å². The Morgan fingerprint density at radius 1 is 1.24 bits per heavy atom. The summed E-state index contributed by atoms with van der Waals surface area (Å²) in [6, 6.07) is 10.8. The molecule has 0 aliphatic carbocycles. The van der Waals surface area contributed by atoms with Crippen LogP contribution in [0.1, 0.15) is 15.9 Å². The monoisotopic (exact) mass is 303 g/mol. The summed E-state index contributed by atoms with van der Waals surface area (Å²) < 4.78 is 0. The Bertz CT molecular complexity index is 727. The lowest BCUT2D eigenvalue weighted by Crippen LogP contribution is -2.10. The molecule has 0 saturated heterocycles. The van der Waals surface area contributed by atoms with Crippen molar-refractivity contribution in [3.05, 3.63) is 68.7 Å². The van der Waals surface area contributed by atoms with Crippen LogP contribution < -0.4 is 5.73 Å². The number of halogens is 1. The Hall–Kier alpha value is -2.73. The quantitative estimate of drug-likeness (QED) is 0.533. The smallest absolute Gasteiger partial charge is 0.288 e. The lowest BCUT2D eigenvalue weighted by molar-refractivity contribution is -0.384. The molecule has 0 aromatic heterocycles.